The minimum atomic E-state index is -0.692. The Morgan fingerprint density at radius 1 is 0.771 bits per heavy atom. The van der Waals surface area contributed by atoms with Gasteiger partial charge in [0, 0.05) is 31.2 Å². The first-order valence-corrected chi connectivity index (χ1v) is 17.6. The standard InChI is InChI=1S/C38H27Br2ClN2O5/c39-31-17-28-29(18-32(31)40)37(46)43(36(28)45)26-13-10-23(11-14-26)34-19-30(27-16-25(41)12-15-33(27)42-34)38(47)48-20-35(44)24-8-6-22(7-9-24)21-4-2-1-3-5-21/h1-16,19,28-29,31-32H,17-18,20H2. The minimum Gasteiger partial charge on any atom is -0.454 e. The minimum absolute atomic E-state index is 0.122. The largest absolute Gasteiger partial charge is 0.454 e. The van der Waals surface area contributed by atoms with Crippen LogP contribution in [0.4, 0.5) is 5.69 Å². The molecule has 7 rings (SSSR count). The van der Waals surface area contributed by atoms with E-state index in [2.05, 4.69) is 31.9 Å². The lowest BCUT2D eigenvalue weighted by Crippen LogP contribution is -2.34. The smallest absolute Gasteiger partial charge is 0.339 e. The molecule has 1 saturated carbocycles. The van der Waals surface area contributed by atoms with E-state index in [-0.39, 0.29) is 44.7 Å². The van der Waals surface area contributed by atoms with Gasteiger partial charge in [0.15, 0.2) is 12.4 Å². The van der Waals surface area contributed by atoms with Gasteiger partial charge in [-0.05, 0) is 60.4 Å². The molecule has 4 unspecified atom stereocenters. The number of rotatable bonds is 7. The van der Waals surface area contributed by atoms with Crippen molar-refractivity contribution in [2.24, 2.45) is 11.8 Å². The van der Waals surface area contributed by atoms with Crippen molar-refractivity contribution in [1.29, 1.82) is 0 Å². The Balaban J connectivity index is 1.11. The molecular weight excluding hydrogens is 760 g/mol. The number of imide groups is 1. The summed E-state index contributed by atoms with van der Waals surface area (Å²) >= 11 is 13.5. The number of amides is 2. The number of benzene rings is 4. The molecule has 10 heteroatoms. The molecule has 0 radical (unpaired) electrons. The topological polar surface area (TPSA) is 93.6 Å². The molecule has 4 aromatic carbocycles. The second kappa shape index (κ2) is 13.4. The van der Waals surface area contributed by atoms with Gasteiger partial charge >= 0.3 is 5.97 Å². The highest BCUT2D eigenvalue weighted by atomic mass is 79.9. The van der Waals surface area contributed by atoms with E-state index >= 15 is 0 Å². The second-order valence-electron chi connectivity index (χ2n) is 11.9. The van der Waals surface area contributed by atoms with Crippen molar-refractivity contribution in [2.75, 3.05) is 11.5 Å². The van der Waals surface area contributed by atoms with Crippen LogP contribution < -0.4 is 4.90 Å². The number of hydrogen-bond acceptors (Lipinski definition) is 6. The molecule has 7 nitrogen and oxygen atoms in total. The van der Waals surface area contributed by atoms with Crippen molar-refractivity contribution < 1.29 is 23.9 Å². The van der Waals surface area contributed by atoms with Crippen molar-refractivity contribution >= 4 is 83.6 Å². The summed E-state index contributed by atoms with van der Waals surface area (Å²) in [7, 11) is 0. The van der Waals surface area contributed by atoms with E-state index in [0.29, 0.717) is 51.3 Å². The number of Topliss-reactive ketones (excluding diaryl/α,β-unsaturated/α-hetero) is 1. The quantitative estimate of drug-likeness (QED) is 0.0710. The molecule has 1 aliphatic carbocycles. The van der Waals surface area contributed by atoms with Crippen LogP contribution in [0.25, 0.3) is 33.3 Å². The van der Waals surface area contributed by atoms with Crippen molar-refractivity contribution in [2.45, 2.75) is 22.5 Å². The number of pyridine rings is 1. The Bertz CT molecular complexity index is 2040. The summed E-state index contributed by atoms with van der Waals surface area (Å²) in [5.74, 6) is -2.10. The van der Waals surface area contributed by atoms with Crippen molar-refractivity contribution in [3.63, 3.8) is 0 Å². The van der Waals surface area contributed by atoms with Gasteiger partial charge in [0.25, 0.3) is 0 Å². The zero-order valence-corrected chi connectivity index (χ0v) is 29.2. The maximum absolute atomic E-state index is 13.5. The first-order chi connectivity index (χ1) is 23.2. The summed E-state index contributed by atoms with van der Waals surface area (Å²) < 4.78 is 5.52. The summed E-state index contributed by atoms with van der Waals surface area (Å²) in [6.07, 6.45) is 1.19. The number of carbonyl (C=O) groups is 4. The number of ketones is 1. The third-order valence-corrected chi connectivity index (χ3v) is 11.9. The third kappa shape index (κ3) is 6.22. The number of carbonyl (C=O) groups excluding carboxylic acids is 4. The van der Waals surface area contributed by atoms with Gasteiger partial charge in [-0.2, -0.15) is 0 Å². The summed E-state index contributed by atoms with van der Waals surface area (Å²) in [6, 6.07) is 30.6. The predicted octanol–water partition coefficient (Wildman–Crippen LogP) is 8.69. The van der Waals surface area contributed by atoms with E-state index in [4.69, 9.17) is 21.3 Å². The van der Waals surface area contributed by atoms with Gasteiger partial charge in [-0.1, -0.05) is 110 Å². The number of hydrogen-bond donors (Lipinski definition) is 0. The zero-order chi connectivity index (χ0) is 33.5. The molecule has 2 amide bonds. The molecule has 48 heavy (non-hydrogen) atoms. The van der Waals surface area contributed by atoms with E-state index in [1.807, 2.05) is 42.5 Å². The molecule has 0 N–H and O–H groups in total. The molecule has 1 saturated heterocycles. The van der Waals surface area contributed by atoms with Crippen LogP contribution >= 0.6 is 43.5 Å². The van der Waals surface area contributed by atoms with Crippen LogP contribution in [0.5, 0.6) is 0 Å². The third-order valence-electron chi connectivity index (χ3n) is 8.97. The van der Waals surface area contributed by atoms with Crippen molar-refractivity contribution in [3.05, 3.63) is 119 Å². The fourth-order valence-electron chi connectivity index (χ4n) is 6.42. The number of halogens is 3. The number of aromatic nitrogens is 1. The van der Waals surface area contributed by atoms with Crippen LogP contribution in [0, 0.1) is 11.8 Å². The molecule has 240 valence electrons. The van der Waals surface area contributed by atoms with E-state index in [9.17, 15) is 19.2 Å². The highest BCUT2D eigenvalue weighted by Gasteiger charge is 2.52. The number of fused-ring (bicyclic) bond motifs is 2. The molecule has 2 heterocycles. The summed E-state index contributed by atoms with van der Waals surface area (Å²) in [4.78, 5) is 59.3. The lowest BCUT2D eigenvalue weighted by molar-refractivity contribution is -0.122. The molecule has 4 atom stereocenters. The second-order valence-corrected chi connectivity index (χ2v) is 14.7. The highest BCUT2D eigenvalue weighted by Crippen LogP contribution is 2.44. The van der Waals surface area contributed by atoms with Gasteiger partial charge in [0.2, 0.25) is 11.8 Å². The monoisotopic (exact) mass is 784 g/mol. The molecule has 0 bridgehead atoms. The maximum Gasteiger partial charge on any atom is 0.339 e. The molecular formula is C38H27Br2ClN2O5. The molecule has 5 aromatic rings. The first kappa shape index (κ1) is 32.4. The van der Waals surface area contributed by atoms with Gasteiger partial charge < -0.3 is 4.74 Å². The molecule has 2 fully saturated rings. The van der Waals surface area contributed by atoms with Crippen LogP contribution in [0.15, 0.2) is 103 Å². The fourth-order valence-corrected chi connectivity index (χ4v) is 7.83. The van der Waals surface area contributed by atoms with E-state index in [0.717, 1.165) is 11.1 Å². The Morgan fingerprint density at radius 2 is 1.38 bits per heavy atom. The SMILES string of the molecule is O=C(COC(=O)c1cc(-c2ccc(N3C(=O)C4CC(Br)C(Br)CC4C3=O)cc2)nc2ccc(Cl)cc12)c1ccc(-c2ccccc2)cc1. The first-order valence-electron chi connectivity index (χ1n) is 15.4. The number of ether oxygens (including phenoxy) is 1. The lowest BCUT2D eigenvalue weighted by Gasteiger charge is -2.29. The van der Waals surface area contributed by atoms with E-state index in [1.165, 1.54) is 4.90 Å². The van der Waals surface area contributed by atoms with Crippen LogP contribution in [0.3, 0.4) is 0 Å². The Kier molecular flexibility index (Phi) is 9.02. The van der Waals surface area contributed by atoms with E-state index < -0.39 is 12.6 Å². The number of nitrogens with zero attached hydrogens (tertiary/aromatic N) is 2. The van der Waals surface area contributed by atoms with Crippen molar-refractivity contribution in [1.82, 2.24) is 4.98 Å². The number of anilines is 1. The van der Waals surface area contributed by atoms with Gasteiger partial charge in [-0.3, -0.25) is 19.3 Å². The highest BCUT2D eigenvalue weighted by molar-refractivity contribution is 9.12. The number of esters is 1. The summed E-state index contributed by atoms with van der Waals surface area (Å²) in [5, 5.41) is 0.904. The molecule has 1 aliphatic heterocycles. The molecule has 2 aliphatic rings. The summed E-state index contributed by atoms with van der Waals surface area (Å²) in [6.45, 7) is -0.441. The van der Waals surface area contributed by atoms with Gasteiger partial charge in [-0.15, -0.1) is 0 Å². The Hall–Kier alpha value is -4.18. The lowest BCUT2D eigenvalue weighted by atomic mass is 9.81. The van der Waals surface area contributed by atoms with Crippen LogP contribution in [0.1, 0.15) is 33.6 Å². The molecule has 1 aromatic heterocycles. The van der Waals surface area contributed by atoms with Gasteiger partial charge in [-0.25, -0.2) is 9.78 Å². The van der Waals surface area contributed by atoms with Crippen molar-refractivity contribution in [3.8, 4) is 22.4 Å². The Labute approximate surface area is 298 Å². The van der Waals surface area contributed by atoms with Gasteiger partial charge in [0.05, 0.1) is 34.3 Å². The molecule has 0 spiro atoms. The fraction of sp³-hybridized carbons (Fsp3) is 0.184. The zero-order valence-electron chi connectivity index (χ0n) is 25.3. The van der Waals surface area contributed by atoms with Crippen LogP contribution in [0.2, 0.25) is 5.02 Å². The Morgan fingerprint density at radius 3 is 2.02 bits per heavy atom. The number of alkyl halides is 2. The van der Waals surface area contributed by atoms with Crippen LogP contribution in [-0.4, -0.2) is 44.8 Å². The van der Waals surface area contributed by atoms with Crippen LogP contribution in [-0.2, 0) is 14.3 Å². The average Bonchev–Trinajstić information content (AvgIpc) is 3.34. The maximum atomic E-state index is 13.5. The summed E-state index contributed by atoms with van der Waals surface area (Å²) in [5.41, 5.74) is 4.78. The predicted molar refractivity (Wildman–Crippen MR) is 193 cm³/mol. The average molecular weight is 787 g/mol. The van der Waals surface area contributed by atoms with E-state index in [1.54, 1.807) is 60.7 Å². The normalized spacial score (nSPS) is 20.5. The van der Waals surface area contributed by atoms with Gasteiger partial charge in [0.1, 0.15) is 0 Å².